The third-order valence-corrected chi connectivity index (χ3v) is 5.50. The Balaban J connectivity index is 2.46. The van der Waals surface area contributed by atoms with Crippen LogP contribution >= 0.6 is 0 Å². The van der Waals surface area contributed by atoms with Gasteiger partial charge in [-0.3, -0.25) is 0 Å². The van der Waals surface area contributed by atoms with Crippen molar-refractivity contribution in [3.63, 3.8) is 0 Å². The van der Waals surface area contributed by atoms with Crippen LogP contribution in [0.1, 0.15) is 81.1 Å². The molecule has 27 heavy (non-hydrogen) atoms. The minimum absolute atomic E-state index is 0.0189. The van der Waals surface area contributed by atoms with Crippen molar-refractivity contribution in [1.82, 2.24) is 9.80 Å². The molecule has 160 valence electrons. The molecule has 0 aromatic heterocycles. The van der Waals surface area contributed by atoms with Gasteiger partial charge in [0.05, 0.1) is 30.0 Å². The number of likely N-dealkylation sites (N-methyl/N-ethyl adjacent to an activating group) is 1. The molecule has 5 nitrogen and oxygen atoms in total. The summed E-state index contributed by atoms with van der Waals surface area (Å²) in [4.78, 5) is 9.60. The summed E-state index contributed by atoms with van der Waals surface area (Å²) in [5.41, 5.74) is -0.231. The second-order valence-corrected chi connectivity index (χ2v) is 9.70. The maximum atomic E-state index is 6.21. The fraction of sp³-hybridized carbons (Fsp3) is 0.955. The van der Waals surface area contributed by atoms with Gasteiger partial charge in [0.15, 0.2) is 5.96 Å². The van der Waals surface area contributed by atoms with E-state index in [-0.39, 0.29) is 16.7 Å². The minimum atomic E-state index is -0.173. The Hall–Kier alpha value is -0.810. The van der Waals surface area contributed by atoms with E-state index in [1.165, 1.54) is 0 Å². The Morgan fingerprint density at radius 1 is 0.889 bits per heavy atom. The molecule has 0 atom stereocenters. The molecule has 0 unspecified atom stereocenters. The zero-order chi connectivity index (χ0) is 20.7. The zero-order valence-electron chi connectivity index (χ0n) is 19.5. The van der Waals surface area contributed by atoms with Crippen LogP contribution in [0.5, 0.6) is 0 Å². The van der Waals surface area contributed by atoms with E-state index in [1.807, 2.05) is 0 Å². The van der Waals surface area contributed by atoms with Crippen LogP contribution in [0.25, 0.3) is 0 Å². The van der Waals surface area contributed by atoms with Gasteiger partial charge in [-0.1, -0.05) is 20.3 Å². The molecule has 1 rings (SSSR count). The first-order chi connectivity index (χ1) is 12.4. The van der Waals surface area contributed by atoms with Crippen molar-refractivity contribution >= 4 is 5.96 Å². The lowest BCUT2D eigenvalue weighted by Crippen LogP contribution is -2.38. The summed E-state index contributed by atoms with van der Waals surface area (Å²) >= 11 is 0. The predicted octanol–water partition coefficient (Wildman–Crippen LogP) is 4.56. The number of nitrogens with zero attached hydrogens (tertiary/aromatic N) is 3. The maximum Gasteiger partial charge on any atom is 0.197 e. The molecular weight excluding hydrogens is 338 g/mol. The Morgan fingerprint density at radius 2 is 1.48 bits per heavy atom. The molecule has 1 heterocycles. The van der Waals surface area contributed by atoms with Crippen LogP contribution in [0.4, 0.5) is 0 Å². The Labute approximate surface area is 168 Å². The lowest BCUT2D eigenvalue weighted by molar-refractivity contribution is -0.0755. The van der Waals surface area contributed by atoms with E-state index in [1.54, 1.807) is 0 Å². The third kappa shape index (κ3) is 8.82. The van der Waals surface area contributed by atoms with Gasteiger partial charge in [0.25, 0.3) is 0 Å². The fourth-order valence-corrected chi connectivity index (χ4v) is 3.18. The van der Waals surface area contributed by atoms with Crippen molar-refractivity contribution in [3.05, 3.63) is 0 Å². The lowest BCUT2D eigenvalue weighted by Gasteiger charge is -2.31. The molecule has 1 aliphatic rings. The van der Waals surface area contributed by atoms with E-state index in [2.05, 4.69) is 72.2 Å². The molecule has 0 aliphatic carbocycles. The van der Waals surface area contributed by atoms with Gasteiger partial charge in [0.2, 0.25) is 0 Å². The summed E-state index contributed by atoms with van der Waals surface area (Å²) in [5.74, 6) is 1.10. The van der Waals surface area contributed by atoms with E-state index < -0.39 is 0 Å². The van der Waals surface area contributed by atoms with Gasteiger partial charge in [-0.25, -0.2) is 4.99 Å². The third-order valence-electron chi connectivity index (χ3n) is 5.50. The van der Waals surface area contributed by atoms with Crippen LogP contribution in [0, 0.1) is 0 Å². The molecule has 0 radical (unpaired) electrons. The molecule has 0 aromatic rings. The number of guanidine groups is 1. The highest BCUT2D eigenvalue weighted by Crippen LogP contribution is 2.21. The zero-order valence-corrected chi connectivity index (χ0v) is 19.5. The number of rotatable bonds is 12. The fourth-order valence-electron chi connectivity index (χ4n) is 3.18. The Morgan fingerprint density at radius 3 is 2.07 bits per heavy atom. The molecule has 0 spiro atoms. The Bertz CT molecular complexity index is 472. The van der Waals surface area contributed by atoms with E-state index in [4.69, 9.17) is 14.5 Å². The van der Waals surface area contributed by atoms with Gasteiger partial charge in [-0.05, 0) is 60.8 Å². The van der Waals surface area contributed by atoms with Crippen molar-refractivity contribution in [1.29, 1.82) is 0 Å². The number of hydrogen-bond acceptors (Lipinski definition) is 3. The molecule has 1 saturated heterocycles. The first-order valence-electron chi connectivity index (χ1n) is 10.8. The van der Waals surface area contributed by atoms with Crippen molar-refractivity contribution in [2.75, 3.05) is 39.9 Å². The van der Waals surface area contributed by atoms with E-state index in [9.17, 15) is 0 Å². The highest BCUT2D eigenvalue weighted by atomic mass is 16.5. The van der Waals surface area contributed by atoms with Gasteiger partial charge < -0.3 is 19.3 Å². The van der Waals surface area contributed by atoms with Crippen molar-refractivity contribution in [2.24, 2.45) is 4.99 Å². The molecule has 1 aliphatic heterocycles. The van der Waals surface area contributed by atoms with Gasteiger partial charge in [0.1, 0.15) is 0 Å². The molecule has 1 fully saturated rings. The van der Waals surface area contributed by atoms with Crippen molar-refractivity contribution in [3.8, 4) is 0 Å². The molecule has 0 saturated carbocycles. The number of ether oxygens (including phenoxy) is 2. The van der Waals surface area contributed by atoms with Crippen LogP contribution in [-0.4, -0.2) is 72.4 Å². The highest BCUT2D eigenvalue weighted by Gasteiger charge is 2.27. The minimum Gasteiger partial charge on any atom is -0.375 e. The summed E-state index contributed by atoms with van der Waals surface area (Å²) in [7, 11) is 2.13. The summed E-state index contributed by atoms with van der Waals surface area (Å²) in [5, 5.41) is 0. The second kappa shape index (κ2) is 10.1. The summed E-state index contributed by atoms with van der Waals surface area (Å²) in [6, 6.07) is 0. The van der Waals surface area contributed by atoms with E-state index in [0.717, 1.165) is 57.9 Å². The van der Waals surface area contributed by atoms with Crippen molar-refractivity contribution in [2.45, 2.75) is 97.8 Å². The highest BCUT2D eigenvalue weighted by molar-refractivity contribution is 5.82. The molecule has 0 amide bonds. The molecule has 0 N–H and O–H groups in total. The largest absolute Gasteiger partial charge is 0.375 e. The second-order valence-electron chi connectivity index (χ2n) is 9.70. The van der Waals surface area contributed by atoms with Gasteiger partial charge in [0, 0.05) is 26.7 Å². The van der Waals surface area contributed by atoms with E-state index >= 15 is 0 Å². The molecule has 0 aromatic carbocycles. The first kappa shape index (κ1) is 24.2. The van der Waals surface area contributed by atoms with Crippen LogP contribution in [-0.2, 0) is 9.47 Å². The average molecular weight is 384 g/mol. The molecular formula is C22H45N3O2. The van der Waals surface area contributed by atoms with Gasteiger partial charge in [-0.2, -0.15) is 0 Å². The van der Waals surface area contributed by atoms with E-state index in [0.29, 0.717) is 6.61 Å². The summed E-state index contributed by atoms with van der Waals surface area (Å²) in [6.07, 6.45) is 4.18. The lowest BCUT2D eigenvalue weighted by atomic mass is 10.0. The average Bonchev–Trinajstić information content (AvgIpc) is 2.87. The van der Waals surface area contributed by atoms with Crippen molar-refractivity contribution < 1.29 is 9.47 Å². The topological polar surface area (TPSA) is 37.3 Å². The smallest absolute Gasteiger partial charge is 0.197 e. The number of hydrogen-bond donors (Lipinski definition) is 0. The quantitative estimate of drug-likeness (QED) is 0.495. The van der Waals surface area contributed by atoms with Crippen LogP contribution in [0.2, 0.25) is 0 Å². The molecule has 5 heteroatoms. The first-order valence-corrected chi connectivity index (χ1v) is 10.8. The number of aliphatic imine (C=N–C) groups is 1. The standard InChI is InChI=1S/C22H45N3O2/c1-10-12-21(5,6)26-17-13-22(7,8)27-18-16-25-15-14-24(9)19(25)23-20(3,4)11-2/h10-18H2,1-9H3. The van der Waals surface area contributed by atoms with Gasteiger partial charge >= 0.3 is 0 Å². The molecule has 0 bridgehead atoms. The predicted molar refractivity (Wildman–Crippen MR) is 116 cm³/mol. The maximum absolute atomic E-state index is 6.21. The summed E-state index contributed by atoms with van der Waals surface area (Å²) < 4.78 is 12.3. The SMILES string of the molecule is CCCC(C)(C)OCCC(C)(C)OCCN1CCN(C)C1=NC(C)(C)CC. The Kier molecular flexibility index (Phi) is 9.07. The summed E-state index contributed by atoms with van der Waals surface area (Å²) in [6.45, 7) is 21.8. The van der Waals surface area contributed by atoms with Gasteiger partial charge in [-0.15, -0.1) is 0 Å². The monoisotopic (exact) mass is 383 g/mol. The normalized spacial score (nSPS) is 18.0. The van der Waals surface area contributed by atoms with Crippen LogP contribution < -0.4 is 0 Å². The van der Waals surface area contributed by atoms with Crippen LogP contribution in [0.15, 0.2) is 4.99 Å². The van der Waals surface area contributed by atoms with Crippen LogP contribution in [0.3, 0.4) is 0 Å².